The van der Waals surface area contributed by atoms with Crippen LogP contribution in [0.15, 0.2) is 5.16 Å². The summed E-state index contributed by atoms with van der Waals surface area (Å²) in [4.78, 5) is 5.24. The zero-order valence-electron chi connectivity index (χ0n) is 8.35. The molecule has 3 heteroatoms. The monoisotopic (exact) mass is 191 g/mol. The van der Waals surface area contributed by atoms with Crippen molar-refractivity contribution in [2.75, 3.05) is 5.88 Å². The van der Waals surface area contributed by atoms with Gasteiger partial charge in [-0.05, 0) is 27.2 Å². The van der Waals surface area contributed by atoms with Gasteiger partial charge in [0.05, 0.1) is 11.6 Å². The predicted octanol–water partition coefficient (Wildman–Crippen LogP) is 3.20. The third kappa shape index (κ3) is 6.47. The SMILES string of the molecule is CCCC(CCl)=NOC(C)(C)C. The Hall–Kier alpha value is -0.240. The van der Waals surface area contributed by atoms with Gasteiger partial charge in [0.15, 0.2) is 0 Å². The van der Waals surface area contributed by atoms with E-state index in [1.54, 1.807) is 0 Å². The average Bonchev–Trinajstić information content (AvgIpc) is 1.96. The number of hydrogen-bond donors (Lipinski definition) is 0. The zero-order valence-corrected chi connectivity index (χ0v) is 9.11. The summed E-state index contributed by atoms with van der Waals surface area (Å²) in [6.07, 6.45) is 1.97. The van der Waals surface area contributed by atoms with E-state index < -0.39 is 0 Å². The highest BCUT2D eigenvalue weighted by Crippen LogP contribution is 2.08. The fraction of sp³-hybridized carbons (Fsp3) is 0.889. The lowest BCUT2D eigenvalue weighted by molar-refractivity contribution is 0.000498. The molecule has 0 aromatic heterocycles. The molecule has 72 valence electrons. The fourth-order valence-corrected chi connectivity index (χ4v) is 0.809. The smallest absolute Gasteiger partial charge is 0.129 e. The number of halogens is 1. The van der Waals surface area contributed by atoms with Crippen molar-refractivity contribution in [1.29, 1.82) is 0 Å². The van der Waals surface area contributed by atoms with Crippen LogP contribution in [0.1, 0.15) is 40.5 Å². The van der Waals surface area contributed by atoms with E-state index in [-0.39, 0.29) is 5.60 Å². The van der Waals surface area contributed by atoms with Gasteiger partial charge in [-0.25, -0.2) is 0 Å². The molecule has 0 aliphatic carbocycles. The Labute approximate surface area is 79.9 Å². The Balaban J connectivity index is 3.94. The van der Waals surface area contributed by atoms with Crippen LogP contribution in [0.4, 0.5) is 0 Å². The van der Waals surface area contributed by atoms with E-state index >= 15 is 0 Å². The molecule has 0 atom stereocenters. The number of oxime groups is 1. The van der Waals surface area contributed by atoms with Gasteiger partial charge in [0, 0.05) is 0 Å². The summed E-state index contributed by atoms with van der Waals surface area (Å²) in [5.74, 6) is 0.462. The van der Waals surface area contributed by atoms with Gasteiger partial charge >= 0.3 is 0 Å². The Bertz CT molecular complexity index is 149. The van der Waals surface area contributed by atoms with Crippen LogP contribution in [-0.4, -0.2) is 17.2 Å². The van der Waals surface area contributed by atoms with Gasteiger partial charge in [-0.2, -0.15) is 0 Å². The van der Waals surface area contributed by atoms with Gasteiger partial charge < -0.3 is 4.84 Å². The lowest BCUT2D eigenvalue weighted by Crippen LogP contribution is -2.17. The van der Waals surface area contributed by atoms with Crippen LogP contribution in [0.3, 0.4) is 0 Å². The van der Waals surface area contributed by atoms with Crippen molar-refractivity contribution < 1.29 is 4.84 Å². The van der Waals surface area contributed by atoms with Crippen LogP contribution in [0.2, 0.25) is 0 Å². The highest BCUT2D eigenvalue weighted by atomic mass is 35.5. The Morgan fingerprint density at radius 2 is 2.00 bits per heavy atom. The van der Waals surface area contributed by atoms with E-state index in [0.29, 0.717) is 5.88 Å². The van der Waals surface area contributed by atoms with E-state index in [9.17, 15) is 0 Å². The maximum Gasteiger partial charge on any atom is 0.129 e. The topological polar surface area (TPSA) is 21.6 Å². The van der Waals surface area contributed by atoms with Crippen molar-refractivity contribution in [3.63, 3.8) is 0 Å². The molecular formula is C9H18ClNO. The molecule has 0 spiro atoms. The third-order valence-electron chi connectivity index (χ3n) is 1.14. The first-order valence-electron chi connectivity index (χ1n) is 4.29. The molecule has 0 saturated heterocycles. The van der Waals surface area contributed by atoms with Crippen molar-refractivity contribution in [3.05, 3.63) is 0 Å². The molecule has 0 unspecified atom stereocenters. The summed E-state index contributed by atoms with van der Waals surface area (Å²) in [5.41, 5.74) is 0.708. The summed E-state index contributed by atoms with van der Waals surface area (Å²) in [6, 6.07) is 0. The van der Waals surface area contributed by atoms with E-state index in [4.69, 9.17) is 16.4 Å². The predicted molar refractivity (Wildman–Crippen MR) is 53.9 cm³/mol. The first-order valence-corrected chi connectivity index (χ1v) is 4.83. The second kappa shape index (κ2) is 5.41. The third-order valence-corrected chi connectivity index (χ3v) is 1.45. The van der Waals surface area contributed by atoms with Gasteiger partial charge in [-0.1, -0.05) is 18.5 Å². The molecule has 0 aliphatic heterocycles. The molecule has 0 rings (SSSR count). The molecule has 0 aliphatic rings. The highest BCUT2D eigenvalue weighted by Gasteiger charge is 2.10. The molecular weight excluding hydrogens is 174 g/mol. The number of alkyl halides is 1. The van der Waals surface area contributed by atoms with E-state index in [2.05, 4.69) is 12.1 Å². The summed E-state index contributed by atoms with van der Waals surface area (Å²) in [7, 11) is 0. The number of rotatable bonds is 4. The van der Waals surface area contributed by atoms with E-state index in [1.165, 1.54) is 0 Å². The molecule has 0 aromatic rings. The Kier molecular flexibility index (Phi) is 5.31. The quantitative estimate of drug-likeness (QED) is 0.380. The molecule has 0 amide bonds. The molecule has 0 heterocycles. The first kappa shape index (κ1) is 11.8. The standard InChI is InChI=1S/C9H18ClNO/c1-5-6-8(7-10)11-12-9(2,3)4/h5-7H2,1-4H3. The van der Waals surface area contributed by atoms with Crippen molar-refractivity contribution in [2.24, 2.45) is 5.16 Å². The summed E-state index contributed by atoms with van der Waals surface area (Å²) < 4.78 is 0. The largest absolute Gasteiger partial charge is 0.390 e. The molecule has 12 heavy (non-hydrogen) atoms. The summed E-state index contributed by atoms with van der Waals surface area (Å²) >= 11 is 5.66. The fourth-order valence-electron chi connectivity index (χ4n) is 0.627. The van der Waals surface area contributed by atoms with Crippen LogP contribution in [-0.2, 0) is 4.84 Å². The van der Waals surface area contributed by atoms with Crippen molar-refractivity contribution in [3.8, 4) is 0 Å². The minimum absolute atomic E-state index is 0.217. The maximum atomic E-state index is 5.66. The van der Waals surface area contributed by atoms with E-state index in [0.717, 1.165) is 18.6 Å². The van der Waals surface area contributed by atoms with Crippen LogP contribution >= 0.6 is 11.6 Å². The van der Waals surface area contributed by atoms with Crippen molar-refractivity contribution >= 4 is 17.3 Å². The first-order chi connectivity index (χ1) is 5.49. The van der Waals surface area contributed by atoms with Crippen molar-refractivity contribution in [1.82, 2.24) is 0 Å². The number of nitrogens with zero attached hydrogens (tertiary/aromatic N) is 1. The lowest BCUT2D eigenvalue weighted by Gasteiger charge is -2.16. The average molecular weight is 192 g/mol. The lowest BCUT2D eigenvalue weighted by atomic mass is 10.2. The molecule has 2 nitrogen and oxygen atoms in total. The van der Waals surface area contributed by atoms with Gasteiger partial charge in [-0.3, -0.25) is 0 Å². The van der Waals surface area contributed by atoms with Crippen LogP contribution in [0.5, 0.6) is 0 Å². The van der Waals surface area contributed by atoms with Crippen molar-refractivity contribution in [2.45, 2.75) is 46.1 Å². The highest BCUT2D eigenvalue weighted by molar-refractivity contribution is 6.28. The van der Waals surface area contributed by atoms with Crippen LogP contribution < -0.4 is 0 Å². The molecule has 0 aromatic carbocycles. The molecule has 0 bridgehead atoms. The van der Waals surface area contributed by atoms with E-state index in [1.807, 2.05) is 20.8 Å². The molecule has 0 saturated carbocycles. The minimum atomic E-state index is -0.217. The van der Waals surface area contributed by atoms with Gasteiger partial charge in [-0.15, -0.1) is 11.6 Å². The second-order valence-electron chi connectivity index (χ2n) is 3.74. The zero-order chi connectivity index (χ0) is 9.61. The molecule has 0 fully saturated rings. The molecule has 0 N–H and O–H groups in total. The minimum Gasteiger partial charge on any atom is -0.390 e. The number of hydrogen-bond acceptors (Lipinski definition) is 2. The van der Waals surface area contributed by atoms with Gasteiger partial charge in [0.2, 0.25) is 0 Å². The van der Waals surface area contributed by atoms with Crippen LogP contribution in [0.25, 0.3) is 0 Å². The maximum absolute atomic E-state index is 5.66. The summed E-state index contributed by atoms with van der Waals surface area (Å²) in [5, 5.41) is 3.99. The Morgan fingerprint density at radius 1 is 1.42 bits per heavy atom. The Morgan fingerprint density at radius 3 is 2.33 bits per heavy atom. The normalized spacial score (nSPS) is 13.2. The van der Waals surface area contributed by atoms with Crippen LogP contribution in [0, 0.1) is 0 Å². The summed E-state index contributed by atoms with van der Waals surface area (Å²) in [6.45, 7) is 8.00. The van der Waals surface area contributed by atoms with Gasteiger partial charge in [0.25, 0.3) is 0 Å². The second-order valence-corrected chi connectivity index (χ2v) is 4.01. The molecule has 0 radical (unpaired) electrons. The van der Waals surface area contributed by atoms with Gasteiger partial charge in [0.1, 0.15) is 5.60 Å².